The van der Waals surface area contributed by atoms with E-state index in [9.17, 15) is 26.4 Å². The lowest BCUT2D eigenvalue weighted by atomic mass is 9.82. The normalized spacial score (nSPS) is 19.1. The molecule has 34 heavy (non-hydrogen) atoms. The summed E-state index contributed by atoms with van der Waals surface area (Å²) in [4.78, 5) is 11.2. The average molecular weight is 500 g/mol. The molecule has 1 aliphatic carbocycles. The maximum absolute atomic E-state index is 13.4. The van der Waals surface area contributed by atoms with Gasteiger partial charge in [0.05, 0.1) is 28.7 Å². The van der Waals surface area contributed by atoms with Crippen molar-refractivity contribution in [2.45, 2.75) is 56.6 Å². The Balaban J connectivity index is 1.95. The first-order valence-electron chi connectivity index (χ1n) is 11.1. The number of hydrogen-bond donors (Lipinski definition) is 1. The van der Waals surface area contributed by atoms with Crippen LogP contribution in [0.5, 0.6) is 5.75 Å². The SMILES string of the molecule is CC(C)N(c1ccc(C(F)(F)F)cc1OCC1CCC(C(=O)O)CC1)S(=O)(=O)c1ccccc1. The Morgan fingerprint density at radius 3 is 2.24 bits per heavy atom. The summed E-state index contributed by atoms with van der Waals surface area (Å²) in [5.41, 5.74) is -0.923. The summed E-state index contributed by atoms with van der Waals surface area (Å²) in [6.45, 7) is 3.34. The van der Waals surface area contributed by atoms with Crippen LogP contribution in [0, 0.1) is 11.8 Å². The third-order valence-electron chi connectivity index (χ3n) is 5.96. The van der Waals surface area contributed by atoms with Crippen molar-refractivity contribution in [3.05, 3.63) is 54.1 Å². The molecule has 0 aromatic heterocycles. The summed E-state index contributed by atoms with van der Waals surface area (Å²) in [7, 11) is -4.08. The van der Waals surface area contributed by atoms with E-state index in [1.54, 1.807) is 32.0 Å². The molecule has 0 spiro atoms. The molecule has 0 unspecified atom stereocenters. The van der Waals surface area contributed by atoms with E-state index in [0.29, 0.717) is 25.7 Å². The van der Waals surface area contributed by atoms with Crippen molar-refractivity contribution in [1.82, 2.24) is 0 Å². The van der Waals surface area contributed by atoms with Gasteiger partial charge in [0.25, 0.3) is 10.0 Å². The van der Waals surface area contributed by atoms with E-state index in [0.717, 1.165) is 22.5 Å². The molecule has 10 heteroatoms. The largest absolute Gasteiger partial charge is 0.491 e. The number of anilines is 1. The number of nitrogens with zero attached hydrogens (tertiary/aromatic N) is 1. The zero-order valence-electron chi connectivity index (χ0n) is 19.0. The van der Waals surface area contributed by atoms with Crippen LogP contribution in [-0.2, 0) is 21.0 Å². The van der Waals surface area contributed by atoms with Gasteiger partial charge in [-0.05, 0) is 75.8 Å². The third-order valence-corrected chi connectivity index (χ3v) is 7.97. The van der Waals surface area contributed by atoms with Gasteiger partial charge in [-0.2, -0.15) is 13.2 Å². The summed E-state index contributed by atoms with van der Waals surface area (Å²) < 4.78 is 74.0. The molecular formula is C24H28F3NO5S. The minimum Gasteiger partial charge on any atom is -0.491 e. The molecule has 6 nitrogen and oxygen atoms in total. The van der Waals surface area contributed by atoms with Gasteiger partial charge in [0.1, 0.15) is 5.75 Å². The minimum absolute atomic E-state index is 0.0153. The molecule has 0 saturated heterocycles. The molecule has 1 aliphatic rings. The van der Waals surface area contributed by atoms with E-state index in [1.165, 1.54) is 12.1 Å². The number of carbonyl (C=O) groups is 1. The number of sulfonamides is 1. The summed E-state index contributed by atoms with van der Waals surface area (Å²) in [5, 5.41) is 9.16. The molecular weight excluding hydrogens is 471 g/mol. The number of hydrogen-bond acceptors (Lipinski definition) is 4. The third kappa shape index (κ3) is 5.84. The quantitative estimate of drug-likeness (QED) is 0.513. The zero-order chi connectivity index (χ0) is 25.1. The van der Waals surface area contributed by atoms with Gasteiger partial charge in [-0.25, -0.2) is 8.42 Å². The molecule has 1 saturated carbocycles. The highest BCUT2D eigenvalue weighted by Gasteiger charge is 2.35. The summed E-state index contributed by atoms with van der Waals surface area (Å²) in [5.74, 6) is -1.48. The van der Waals surface area contributed by atoms with Gasteiger partial charge >= 0.3 is 12.1 Å². The van der Waals surface area contributed by atoms with Crippen molar-refractivity contribution < 1.29 is 36.2 Å². The summed E-state index contributed by atoms with van der Waals surface area (Å²) >= 11 is 0. The highest BCUT2D eigenvalue weighted by Crippen LogP contribution is 2.40. The van der Waals surface area contributed by atoms with Crippen molar-refractivity contribution in [1.29, 1.82) is 0 Å². The fraction of sp³-hybridized carbons (Fsp3) is 0.458. The van der Waals surface area contributed by atoms with Crippen LogP contribution in [0.15, 0.2) is 53.4 Å². The summed E-state index contributed by atoms with van der Waals surface area (Å²) in [6, 6.07) is 9.86. The van der Waals surface area contributed by atoms with Crippen molar-refractivity contribution in [3.8, 4) is 5.75 Å². The van der Waals surface area contributed by atoms with Crippen LogP contribution in [0.3, 0.4) is 0 Å². The van der Waals surface area contributed by atoms with Crippen LogP contribution in [0.2, 0.25) is 0 Å². The Morgan fingerprint density at radius 2 is 1.71 bits per heavy atom. The number of alkyl halides is 3. The maximum Gasteiger partial charge on any atom is 0.416 e. The number of benzene rings is 2. The molecule has 2 aromatic carbocycles. The zero-order valence-corrected chi connectivity index (χ0v) is 19.8. The van der Waals surface area contributed by atoms with Crippen LogP contribution in [0.25, 0.3) is 0 Å². The number of aliphatic carboxylic acids is 1. The molecule has 3 rings (SSSR count). The molecule has 1 N–H and O–H groups in total. The fourth-order valence-electron chi connectivity index (χ4n) is 4.16. The van der Waals surface area contributed by atoms with Crippen LogP contribution >= 0.6 is 0 Å². The second-order valence-corrected chi connectivity index (χ2v) is 10.6. The first-order valence-corrected chi connectivity index (χ1v) is 12.5. The van der Waals surface area contributed by atoms with Crippen LogP contribution in [0.1, 0.15) is 45.1 Å². The lowest BCUT2D eigenvalue weighted by Crippen LogP contribution is -2.37. The predicted molar refractivity (Wildman–Crippen MR) is 121 cm³/mol. The lowest BCUT2D eigenvalue weighted by molar-refractivity contribution is -0.143. The van der Waals surface area contributed by atoms with Gasteiger partial charge in [0.2, 0.25) is 0 Å². The van der Waals surface area contributed by atoms with Gasteiger partial charge in [-0.15, -0.1) is 0 Å². The highest BCUT2D eigenvalue weighted by molar-refractivity contribution is 7.92. The van der Waals surface area contributed by atoms with E-state index in [1.807, 2.05) is 0 Å². The first kappa shape index (κ1) is 25.9. The van der Waals surface area contributed by atoms with Crippen molar-refractivity contribution >= 4 is 21.7 Å². The second-order valence-electron chi connectivity index (χ2n) is 8.75. The van der Waals surface area contributed by atoms with Gasteiger partial charge < -0.3 is 9.84 Å². The number of carboxylic acid groups (broad SMARTS) is 1. The fourth-order valence-corrected chi connectivity index (χ4v) is 5.86. The van der Waals surface area contributed by atoms with E-state index in [-0.39, 0.29) is 28.9 Å². The average Bonchev–Trinajstić information content (AvgIpc) is 2.78. The van der Waals surface area contributed by atoms with Crippen molar-refractivity contribution in [2.24, 2.45) is 11.8 Å². The first-order chi connectivity index (χ1) is 15.9. The summed E-state index contributed by atoms with van der Waals surface area (Å²) in [6.07, 6.45) is -2.54. The molecule has 0 radical (unpaired) electrons. The number of carboxylic acids is 1. The number of ether oxygens (including phenoxy) is 1. The van der Waals surface area contributed by atoms with Crippen LogP contribution < -0.4 is 9.04 Å². The Hall–Kier alpha value is -2.75. The molecule has 0 amide bonds. The molecule has 0 heterocycles. The highest BCUT2D eigenvalue weighted by atomic mass is 32.2. The molecule has 1 fully saturated rings. The van der Waals surface area contributed by atoms with E-state index in [4.69, 9.17) is 9.84 Å². The molecule has 186 valence electrons. The number of rotatable bonds is 8. The van der Waals surface area contributed by atoms with Crippen LogP contribution in [-0.4, -0.2) is 32.1 Å². The van der Waals surface area contributed by atoms with Gasteiger partial charge in [-0.3, -0.25) is 9.10 Å². The lowest BCUT2D eigenvalue weighted by Gasteiger charge is -2.31. The monoisotopic (exact) mass is 499 g/mol. The minimum atomic E-state index is -4.63. The van der Waals surface area contributed by atoms with Gasteiger partial charge in [0.15, 0.2) is 0 Å². The Morgan fingerprint density at radius 1 is 1.09 bits per heavy atom. The Bertz CT molecular complexity index is 1100. The number of halogens is 3. The van der Waals surface area contributed by atoms with E-state index < -0.39 is 39.7 Å². The maximum atomic E-state index is 13.4. The topological polar surface area (TPSA) is 83.9 Å². The Labute approximate surface area is 197 Å². The van der Waals surface area contributed by atoms with Crippen molar-refractivity contribution in [3.63, 3.8) is 0 Å². The van der Waals surface area contributed by atoms with E-state index in [2.05, 4.69) is 0 Å². The smallest absolute Gasteiger partial charge is 0.416 e. The van der Waals surface area contributed by atoms with Crippen LogP contribution in [0.4, 0.5) is 18.9 Å². The van der Waals surface area contributed by atoms with Gasteiger partial charge in [-0.1, -0.05) is 18.2 Å². The van der Waals surface area contributed by atoms with Gasteiger partial charge in [0, 0.05) is 6.04 Å². The molecule has 0 aliphatic heterocycles. The molecule has 2 aromatic rings. The Kier molecular flexibility index (Phi) is 7.80. The molecule has 0 bridgehead atoms. The standard InChI is InChI=1S/C24H28F3NO5S/c1-16(2)28(34(31,32)20-6-4-3-5-7-20)21-13-12-19(24(25,26)27)14-22(21)33-15-17-8-10-18(11-9-17)23(29)30/h3-7,12-14,16-18H,8-11,15H2,1-2H3,(H,29,30). The van der Waals surface area contributed by atoms with E-state index >= 15 is 0 Å². The van der Waals surface area contributed by atoms with Crippen molar-refractivity contribution in [2.75, 3.05) is 10.9 Å². The second kappa shape index (κ2) is 10.2. The molecule has 0 atom stereocenters. The predicted octanol–water partition coefficient (Wildman–Crippen LogP) is 5.58.